The van der Waals surface area contributed by atoms with Crippen molar-refractivity contribution in [3.05, 3.63) is 71.3 Å². The van der Waals surface area contributed by atoms with Crippen molar-refractivity contribution < 1.29 is 19.1 Å². The summed E-state index contributed by atoms with van der Waals surface area (Å²) in [4.78, 5) is 37.9. The molecule has 0 aliphatic carbocycles. The first kappa shape index (κ1) is 16.4. The molecule has 6 heteroatoms. The van der Waals surface area contributed by atoms with E-state index in [1.165, 1.54) is 13.2 Å². The molecular formula is C19H16N2O4. The monoisotopic (exact) mass is 336 g/mol. The summed E-state index contributed by atoms with van der Waals surface area (Å²) in [6.07, 6.45) is 1.43. The molecule has 0 aromatic heterocycles. The van der Waals surface area contributed by atoms with Crippen LogP contribution >= 0.6 is 0 Å². The SMILES string of the molecule is COc1ccccc1/C=C1\C(=O)NC(=O)N(Cc2ccccc2)C1=O. The molecular weight excluding hydrogens is 320 g/mol. The minimum atomic E-state index is -0.726. The summed E-state index contributed by atoms with van der Waals surface area (Å²) in [7, 11) is 1.51. The average Bonchev–Trinajstić information content (AvgIpc) is 2.63. The Balaban J connectivity index is 1.94. The van der Waals surface area contributed by atoms with Crippen molar-refractivity contribution >= 4 is 23.9 Å². The number of amides is 4. The Bertz CT molecular complexity index is 859. The van der Waals surface area contributed by atoms with Crippen molar-refractivity contribution in [2.45, 2.75) is 6.54 Å². The second kappa shape index (κ2) is 7.00. The summed E-state index contributed by atoms with van der Waals surface area (Å²) < 4.78 is 5.23. The van der Waals surface area contributed by atoms with Crippen molar-refractivity contribution in [2.75, 3.05) is 7.11 Å². The van der Waals surface area contributed by atoms with Gasteiger partial charge in [0, 0.05) is 5.56 Å². The zero-order valence-corrected chi connectivity index (χ0v) is 13.6. The van der Waals surface area contributed by atoms with Gasteiger partial charge in [-0.2, -0.15) is 0 Å². The first-order chi connectivity index (χ1) is 12.1. The maximum absolute atomic E-state index is 12.7. The number of nitrogens with one attached hydrogen (secondary N) is 1. The molecule has 0 atom stereocenters. The Kier molecular flexibility index (Phi) is 4.61. The van der Waals surface area contributed by atoms with Crippen LogP contribution in [0.2, 0.25) is 0 Å². The maximum atomic E-state index is 12.7. The predicted octanol–water partition coefficient (Wildman–Crippen LogP) is 2.36. The minimum Gasteiger partial charge on any atom is -0.496 e. The molecule has 0 bridgehead atoms. The molecule has 126 valence electrons. The quantitative estimate of drug-likeness (QED) is 0.687. The van der Waals surface area contributed by atoms with Gasteiger partial charge in [0.1, 0.15) is 11.3 Å². The van der Waals surface area contributed by atoms with E-state index in [0.29, 0.717) is 11.3 Å². The van der Waals surface area contributed by atoms with Gasteiger partial charge in [0.05, 0.1) is 13.7 Å². The fourth-order valence-corrected chi connectivity index (χ4v) is 2.54. The van der Waals surface area contributed by atoms with E-state index < -0.39 is 17.8 Å². The number of carbonyl (C=O) groups excluding carboxylic acids is 3. The Morgan fingerprint density at radius 3 is 2.40 bits per heavy atom. The molecule has 1 aliphatic rings. The van der Waals surface area contributed by atoms with E-state index in [1.807, 2.05) is 18.2 Å². The number of ether oxygens (including phenoxy) is 1. The highest BCUT2D eigenvalue weighted by molar-refractivity contribution is 6.31. The summed E-state index contributed by atoms with van der Waals surface area (Å²) in [6.45, 7) is 0.0854. The Morgan fingerprint density at radius 2 is 1.68 bits per heavy atom. The van der Waals surface area contributed by atoms with E-state index in [2.05, 4.69) is 5.32 Å². The molecule has 4 amide bonds. The zero-order valence-electron chi connectivity index (χ0n) is 13.6. The number of barbiturate groups is 1. The van der Waals surface area contributed by atoms with Crippen LogP contribution in [0.25, 0.3) is 6.08 Å². The highest BCUT2D eigenvalue weighted by atomic mass is 16.5. The third-order valence-corrected chi connectivity index (χ3v) is 3.81. The van der Waals surface area contributed by atoms with Crippen molar-refractivity contribution in [3.8, 4) is 5.75 Å². The molecule has 1 fully saturated rings. The second-order valence-electron chi connectivity index (χ2n) is 5.44. The number of nitrogens with zero attached hydrogens (tertiary/aromatic N) is 1. The summed E-state index contributed by atoms with van der Waals surface area (Å²) in [6, 6.07) is 15.4. The molecule has 1 N–H and O–H groups in total. The number of hydrogen-bond donors (Lipinski definition) is 1. The predicted molar refractivity (Wildman–Crippen MR) is 91.5 cm³/mol. The standard InChI is InChI=1S/C19H16N2O4/c1-25-16-10-6-5-9-14(16)11-15-17(22)20-19(24)21(18(15)23)12-13-7-3-2-4-8-13/h2-11H,12H2,1H3,(H,20,22,24)/b15-11+. The maximum Gasteiger partial charge on any atom is 0.331 e. The Hall–Kier alpha value is -3.41. The van der Waals surface area contributed by atoms with Crippen LogP contribution in [0.4, 0.5) is 4.79 Å². The molecule has 0 unspecified atom stereocenters. The highest BCUT2D eigenvalue weighted by Crippen LogP contribution is 2.23. The van der Waals surface area contributed by atoms with Crippen LogP contribution in [-0.2, 0) is 16.1 Å². The van der Waals surface area contributed by atoms with E-state index in [1.54, 1.807) is 36.4 Å². The zero-order chi connectivity index (χ0) is 17.8. The lowest BCUT2D eigenvalue weighted by Gasteiger charge is -2.26. The number of methoxy groups -OCH3 is 1. The molecule has 3 rings (SSSR count). The Morgan fingerprint density at radius 1 is 1.00 bits per heavy atom. The first-order valence-electron chi connectivity index (χ1n) is 7.66. The third kappa shape index (κ3) is 3.42. The molecule has 1 saturated heterocycles. The summed E-state index contributed by atoms with van der Waals surface area (Å²) in [5.41, 5.74) is 1.26. The number of urea groups is 1. The van der Waals surface area contributed by atoms with Crippen LogP contribution in [0.3, 0.4) is 0 Å². The van der Waals surface area contributed by atoms with Gasteiger partial charge in [0.15, 0.2) is 0 Å². The largest absolute Gasteiger partial charge is 0.496 e. The fraction of sp³-hybridized carbons (Fsp3) is 0.105. The van der Waals surface area contributed by atoms with Gasteiger partial charge in [-0.15, -0.1) is 0 Å². The van der Waals surface area contributed by atoms with Gasteiger partial charge in [-0.25, -0.2) is 4.79 Å². The summed E-state index contributed by atoms with van der Waals surface area (Å²) in [5, 5.41) is 2.21. The molecule has 6 nitrogen and oxygen atoms in total. The van der Waals surface area contributed by atoms with Crippen LogP contribution < -0.4 is 10.1 Å². The van der Waals surface area contributed by atoms with E-state index in [9.17, 15) is 14.4 Å². The van der Waals surface area contributed by atoms with Crippen LogP contribution in [0, 0.1) is 0 Å². The molecule has 1 aliphatic heterocycles. The lowest BCUT2D eigenvalue weighted by atomic mass is 10.1. The number of hydrogen-bond acceptors (Lipinski definition) is 4. The Labute approximate surface area is 144 Å². The van der Waals surface area contributed by atoms with Crippen LogP contribution in [-0.4, -0.2) is 29.9 Å². The van der Waals surface area contributed by atoms with Crippen molar-refractivity contribution in [3.63, 3.8) is 0 Å². The normalized spacial score (nSPS) is 16.1. The number of rotatable bonds is 4. The third-order valence-electron chi connectivity index (χ3n) is 3.81. The number of imide groups is 2. The number of benzene rings is 2. The number of carbonyl (C=O) groups is 3. The van der Waals surface area contributed by atoms with Gasteiger partial charge >= 0.3 is 6.03 Å². The van der Waals surface area contributed by atoms with Gasteiger partial charge < -0.3 is 4.74 Å². The lowest BCUT2D eigenvalue weighted by Crippen LogP contribution is -2.53. The van der Waals surface area contributed by atoms with Crippen LogP contribution in [0.1, 0.15) is 11.1 Å². The molecule has 2 aromatic carbocycles. The second-order valence-corrected chi connectivity index (χ2v) is 5.44. The molecule has 0 saturated carbocycles. The van der Waals surface area contributed by atoms with Gasteiger partial charge in [0.2, 0.25) is 0 Å². The van der Waals surface area contributed by atoms with Gasteiger partial charge in [-0.1, -0.05) is 48.5 Å². The molecule has 2 aromatic rings. The van der Waals surface area contributed by atoms with Crippen molar-refractivity contribution in [1.82, 2.24) is 10.2 Å². The number of para-hydroxylation sites is 1. The van der Waals surface area contributed by atoms with Gasteiger partial charge in [0.25, 0.3) is 11.8 Å². The van der Waals surface area contributed by atoms with E-state index in [-0.39, 0.29) is 12.1 Å². The summed E-state index contributed by atoms with van der Waals surface area (Å²) >= 11 is 0. The van der Waals surface area contributed by atoms with E-state index in [4.69, 9.17) is 4.74 Å². The molecule has 1 heterocycles. The topological polar surface area (TPSA) is 75.7 Å². The van der Waals surface area contributed by atoms with Gasteiger partial charge in [-0.3, -0.25) is 19.8 Å². The van der Waals surface area contributed by atoms with Gasteiger partial charge in [-0.05, 0) is 17.7 Å². The van der Waals surface area contributed by atoms with E-state index in [0.717, 1.165) is 10.5 Å². The minimum absolute atomic E-state index is 0.0854. The smallest absolute Gasteiger partial charge is 0.331 e. The average molecular weight is 336 g/mol. The fourth-order valence-electron chi connectivity index (χ4n) is 2.54. The van der Waals surface area contributed by atoms with Crippen LogP contribution in [0.5, 0.6) is 5.75 Å². The van der Waals surface area contributed by atoms with Crippen molar-refractivity contribution in [1.29, 1.82) is 0 Å². The first-order valence-corrected chi connectivity index (χ1v) is 7.66. The lowest BCUT2D eigenvalue weighted by molar-refractivity contribution is -0.130. The molecule has 0 spiro atoms. The highest BCUT2D eigenvalue weighted by Gasteiger charge is 2.35. The molecule has 0 radical (unpaired) electrons. The summed E-state index contributed by atoms with van der Waals surface area (Å²) in [5.74, 6) is -0.823. The van der Waals surface area contributed by atoms with Crippen LogP contribution in [0.15, 0.2) is 60.2 Å². The van der Waals surface area contributed by atoms with Crippen molar-refractivity contribution in [2.24, 2.45) is 0 Å². The molecule has 25 heavy (non-hydrogen) atoms. The van der Waals surface area contributed by atoms with E-state index >= 15 is 0 Å².